The first-order valence-corrected chi connectivity index (χ1v) is 7.77. The minimum atomic E-state index is 0.643. The topological polar surface area (TPSA) is 12.0 Å². The molecule has 3 aromatic carbocycles. The van der Waals surface area contributed by atoms with Crippen LogP contribution in [0.2, 0.25) is 10.0 Å². The third kappa shape index (κ3) is 3.27. The van der Waals surface area contributed by atoms with Crippen molar-refractivity contribution in [2.45, 2.75) is 6.92 Å². The normalized spacial score (nSPS) is 10.5. The summed E-state index contributed by atoms with van der Waals surface area (Å²) in [7, 11) is 0. The van der Waals surface area contributed by atoms with Crippen molar-refractivity contribution >= 4 is 34.6 Å². The van der Waals surface area contributed by atoms with Crippen molar-refractivity contribution in [3.63, 3.8) is 0 Å². The molecule has 1 N–H and O–H groups in total. The first kappa shape index (κ1) is 15.0. The van der Waals surface area contributed by atoms with E-state index < -0.39 is 0 Å². The van der Waals surface area contributed by atoms with E-state index in [0.29, 0.717) is 10.0 Å². The molecule has 0 saturated heterocycles. The highest BCUT2D eigenvalue weighted by Crippen LogP contribution is 2.34. The van der Waals surface area contributed by atoms with Crippen LogP contribution in [0.4, 0.5) is 11.4 Å². The van der Waals surface area contributed by atoms with Gasteiger partial charge in [-0.15, -0.1) is 0 Å². The summed E-state index contributed by atoms with van der Waals surface area (Å²) in [6.45, 7) is 2.09. The molecule has 3 aromatic rings. The van der Waals surface area contributed by atoms with Crippen LogP contribution in [0.3, 0.4) is 0 Å². The quantitative estimate of drug-likeness (QED) is 0.563. The third-order valence-corrected chi connectivity index (χ3v) is 4.02. The van der Waals surface area contributed by atoms with Crippen LogP contribution in [0, 0.1) is 6.92 Å². The zero-order valence-electron chi connectivity index (χ0n) is 12.1. The second-order valence-corrected chi connectivity index (χ2v) is 6.01. The molecule has 0 aromatic heterocycles. The van der Waals surface area contributed by atoms with Gasteiger partial charge in [-0.1, -0.05) is 65.2 Å². The summed E-state index contributed by atoms with van der Waals surface area (Å²) in [5.74, 6) is 0. The van der Waals surface area contributed by atoms with E-state index in [9.17, 15) is 0 Å². The lowest BCUT2D eigenvalue weighted by Crippen LogP contribution is -1.95. The highest BCUT2D eigenvalue weighted by molar-refractivity contribution is 6.35. The molecule has 0 radical (unpaired) electrons. The summed E-state index contributed by atoms with van der Waals surface area (Å²) in [5.41, 5.74) is 5.31. The van der Waals surface area contributed by atoms with E-state index in [2.05, 4.69) is 42.6 Å². The van der Waals surface area contributed by atoms with Crippen LogP contribution in [-0.4, -0.2) is 0 Å². The smallest absolute Gasteiger partial charge is 0.0642 e. The Bertz CT molecular complexity index is 798. The van der Waals surface area contributed by atoms with Gasteiger partial charge in [0.05, 0.1) is 10.7 Å². The summed E-state index contributed by atoms with van der Waals surface area (Å²) < 4.78 is 0. The fourth-order valence-corrected chi connectivity index (χ4v) is 2.70. The average molecular weight is 328 g/mol. The van der Waals surface area contributed by atoms with Crippen LogP contribution in [0.15, 0.2) is 66.7 Å². The molecular formula is C19H15Cl2N. The van der Waals surface area contributed by atoms with Gasteiger partial charge in [0.15, 0.2) is 0 Å². The predicted molar refractivity (Wildman–Crippen MR) is 96.4 cm³/mol. The number of aryl methyl sites for hydroxylation is 1. The number of nitrogens with one attached hydrogen (secondary N) is 1. The molecule has 3 rings (SSSR count). The number of benzene rings is 3. The van der Waals surface area contributed by atoms with Gasteiger partial charge in [-0.3, -0.25) is 0 Å². The number of halogens is 2. The van der Waals surface area contributed by atoms with Crippen molar-refractivity contribution < 1.29 is 0 Å². The highest BCUT2D eigenvalue weighted by Gasteiger charge is 2.08. The zero-order valence-corrected chi connectivity index (χ0v) is 13.6. The van der Waals surface area contributed by atoms with E-state index in [0.717, 1.165) is 22.5 Å². The molecule has 0 atom stereocenters. The number of hydrogen-bond acceptors (Lipinski definition) is 1. The molecule has 1 nitrogen and oxygen atoms in total. The lowest BCUT2D eigenvalue weighted by Gasteiger charge is -2.14. The van der Waals surface area contributed by atoms with Crippen molar-refractivity contribution in [3.8, 4) is 11.1 Å². The first-order valence-electron chi connectivity index (χ1n) is 7.01. The summed E-state index contributed by atoms with van der Waals surface area (Å²) in [6, 6.07) is 22.0. The Labute approximate surface area is 140 Å². The van der Waals surface area contributed by atoms with Crippen molar-refractivity contribution in [2.24, 2.45) is 0 Å². The predicted octanol–water partition coefficient (Wildman–Crippen LogP) is 6.71. The van der Waals surface area contributed by atoms with E-state index in [1.807, 2.05) is 24.3 Å². The van der Waals surface area contributed by atoms with E-state index in [1.54, 1.807) is 12.1 Å². The van der Waals surface area contributed by atoms with Crippen molar-refractivity contribution in [1.29, 1.82) is 0 Å². The van der Waals surface area contributed by atoms with Crippen LogP contribution < -0.4 is 5.32 Å². The summed E-state index contributed by atoms with van der Waals surface area (Å²) >= 11 is 12.3. The lowest BCUT2D eigenvalue weighted by atomic mass is 10.0. The standard InChI is InChI=1S/C19H15Cl2N/c1-13-7-10-18(16(11-13)14-5-3-2-4-6-14)22-19-12-15(20)8-9-17(19)21/h2-12,22H,1H3. The summed E-state index contributed by atoms with van der Waals surface area (Å²) in [6.07, 6.45) is 0. The van der Waals surface area contributed by atoms with E-state index >= 15 is 0 Å². The maximum absolute atomic E-state index is 6.25. The Morgan fingerprint density at radius 3 is 2.32 bits per heavy atom. The van der Waals surface area contributed by atoms with Crippen LogP contribution in [0.25, 0.3) is 11.1 Å². The number of rotatable bonds is 3. The van der Waals surface area contributed by atoms with Gasteiger partial charge in [0.25, 0.3) is 0 Å². The Balaban J connectivity index is 2.06. The molecule has 0 heterocycles. The molecule has 3 heteroatoms. The van der Waals surface area contributed by atoms with Gasteiger partial charge < -0.3 is 5.32 Å². The second-order valence-electron chi connectivity index (χ2n) is 5.16. The molecule has 0 saturated carbocycles. The lowest BCUT2D eigenvalue weighted by molar-refractivity contribution is 1.45. The Morgan fingerprint density at radius 1 is 0.773 bits per heavy atom. The Morgan fingerprint density at radius 2 is 1.55 bits per heavy atom. The van der Waals surface area contributed by atoms with Gasteiger partial charge in [0, 0.05) is 16.3 Å². The molecule has 0 amide bonds. The fraction of sp³-hybridized carbons (Fsp3) is 0.0526. The Kier molecular flexibility index (Phi) is 4.37. The zero-order chi connectivity index (χ0) is 15.5. The molecule has 22 heavy (non-hydrogen) atoms. The third-order valence-electron chi connectivity index (χ3n) is 3.46. The van der Waals surface area contributed by atoms with Crippen LogP contribution in [0.1, 0.15) is 5.56 Å². The molecule has 0 fully saturated rings. The maximum Gasteiger partial charge on any atom is 0.0642 e. The summed E-state index contributed by atoms with van der Waals surface area (Å²) in [4.78, 5) is 0. The van der Waals surface area contributed by atoms with Gasteiger partial charge >= 0.3 is 0 Å². The molecule has 0 aliphatic carbocycles. The van der Waals surface area contributed by atoms with Gasteiger partial charge in [-0.25, -0.2) is 0 Å². The van der Waals surface area contributed by atoms with Gasteiger partial charge in [-0.2, -0.15) is 0 Å². The molecule has 0 bridgehead atoms. The van der Waals surface area contributed by atoms with E-state index in [4.69, 9.17) is 23.2 Å². The van der Waals surface area contributed by atoms with Crippen molar-refractivity contribution in [1.82, 2.24) is 0 Å². The van der Waals surface area contributed by atoms with E-state index in [-0.39, 0.29) is 0 Å². The number of anilines is 2. The molecule has 0 unspecified atom stereocenters. The largest absolute Gasteiger partial charge is 0.354 e. The first-order chi connectivity index (χ1) is 10.6. The van der Waals surface area contributed by atoms with Crippen LogP contribution >= 0.6 is 23.2 Å². The average Bonchev–Trinajstić information content (AvgIpc) is 2.53. The second kappa shape index (κ2) is 6.43. The Hall–Kier alpha value is -1.96. The van der Waals surface area contributed by atoms with Crippen molar-refractivity contribution in [2.75, 3.05) is 5.32 Å². The molecule has 0 aliphatic rings. The van der Waals surface area contributed by atoms with Crippen LogP contribution in [0.5, 0.6) is 0 Å². The molecule has 0 spiro atoms. The van der Waals surface area contributed by atoms with E-state index in [1.165, 1.54) is 5.56 Å². The summed E-state index contributed by atoms with van der Waals surface area (Å²) in [5, 5.41) is 4.69. The molecule has 110 valence electrons. The maximum atomic E-state index is 6.25. The molecular weight excluding hydrogens is 313 g/mol. The van der Waals surface area contributed by atoms with Gasteiger partial charge in [-0.05, 0) is 42.8 Å². The number of hydrogen-bond donors (Lipinski definition) is 1. The minimum Gasteiger partial charge on any atom is -0.354 e. The highest BCUT2D eigenvalue weighted by atomic mass is 35.5. The monoisotopic (exact) mass is 327 g/mol. The van der Waals surface area contributed by atoms with Crippen LogP contribution in [-0.2, 0) is 0 Å². The molecule has 0 aliphatic heterocycles. The fourth-order valence-electron chi connectivity index (χ4n) is 2.36. The van der Waals surface area contributed by atoms with Gasteiger partial charge in [0.1, 0.15) is 0 Å². The van der Waals surface area contributed by atoms with Crippen molar-refractivity contribution in [3.05, 3.63) is 82.3 Å². The minimum absolute atomic E-state index is 0.643. The van der Waals surface area contributed by atoms with Gasteiger partial charge in [0.2, 0.25) is 0 Å². The SMILES string of the molecule is Cc1ccc(Nc2cc(Cl)ccc2Cl)c(-c2ccccc2)c1.